The smallest absolute Gasteiger partial charge is 0.124 e. The Balaban J connectivity index is 1.96. The van der Waals surface area contributed by atoms with Crippen molar-refractivity contribution in [1.29, 1.82) is 0 Å². The summed E-state index contributed by atoms with van der Waals surface area (Å²) in [6.07, 6.45) is 4.17. The number of nitrogens with one attached hydrogen (secondary N) is 1. The first-order chi connectivity index (χ1) is 12.0. The Morgan fingerprint density at radius 1 is 1.00 bits per heavy atom. The fourth-order valence-electron chi connectivity index (χ4n) is 2.39. The van der Waals surface area contributed by atoms with E-state index in [1.165, 1.54) is 0 Å². The van der Waals surface area contributed by atoms with Crippen molar-refractivity contribution in [2.45, 2.75) is 60.0 Å². The summed E-state index contributed by atoms with van der Waals surface area (Å²) >= 11 is 0. The number of allylic oxidation sites excluding steroid dienone is 1. The molecule has 2 heterocycles. The van der Waals surface area contributed by atoms with Gasteiger partial charge in [0.1, 0.15) is 11.5 Å². The molecule has 0 amide bonds. The quantitative estimate of drug-likeness (QED) is 0.715. The van der Waals surface area contributed by atoms with Gasteiger partial charge < -0.3 is 16.5 Å². The topological polar surface area (TPSA) is 93.1 Å². The number of nitrogens with two attached hydrogens (primary N) is 2. The minimum atomic E-state index is -0.171. The number of H-pyrrole nitrogens is 1. The summed E-state index contributed by atoms with van der Waals surface area (Å²) in [6.45, 7) is 12.6. The van der Waals surface area contributed by atoms with E-state index in [9.17, 15) is 0 Å². The summed E-state index contributed by atoms with van der Waals surface area (Å²) < 4.78 is 0. The van der Waals surface area contributed by atoms with Gasteiger partial charge in [-0.25, -0.2) is 4.98 Å². The van der Waals surface area contributed by atoms with E-state index in [1.807, 2.05) is 0 Å². The van der Waals surface area contributed by atoms with Gasteiger partial charge in [-0.15, -0.1) is 0 Å². The summed E-state index contributed by atoms with van der Waals surface area (Å²) in [5.74, 6) is 12.5. The molecule has 1 aromatic heterocycles. The molecule has 26 heavy (non-hydrogen) atoms. The summed E-state index contributed by atoms with van der Waals surface area (Å²) in [4.78, 5) is 11.9. The molecule has 1 aliphatic rings. The molecule has 5 N–H and O–H groups in total. The highest BCUT2D eigenvalue weighted by molar-refractivity contribution is 5.95. The van der Waals surface area contributed by atoms with Crippen LogP contribution in [0.5, 0.6) is 0 Å². The number of hydrogen-bond donors (Lipinski definition) is 3. The van der Waals surface area contributed by atoms with Gasteiger partial charge in [-0.1, -0.05) is 47.5 Å². The van der Waals surface area contributed by atoms with Crippen molar-refractivity contribution in [2.75, 3.05) is 0 Å². The Hall–Kier alpha value is -2.34. The molecule has 0 bridgehead atoms. The van der Waals surface area contributed by atoms with Gasteiger partial charge in [0, 0.05) is 29.9 Å². The lowest BCUT2D eigenvalue weighted by atomic mass is 9.83. The molecule has 0 radical (unpaired) electrons. The first-order valence-electron chi connectivity index (χ1n) is 8.82. The molecule has 0 aromatic carbocycles. The fraction of sp³-hybridized carbons (Fsp3) is 0.524. The lowest BCUT2D eigenvalue weighted by molar-refractivity contribution is 0.316. The summed E-state index contributed by atoms with van der Waals surface area (Å²) in [7, 11) is 0. The Morgan fingerprint density at radius 2 is 1.62 bits per heavy atom. The molecule has 0 saturated carbocycles. The molecular weight excluding hydrogens is 322 g/mol. The maximum atomic E-state index is 6.24. The third-order valence-electron chi connectivity index (χ3n) is 4.36. The van der Waals surface area contributed by atoms with E-state index in [4.69, 9.17) is 11.5 Å². The molecule has 0 saturated heterocycles. The van der Waals surface area contributed by atoms with E-state index in [-0.39, 0.29) is 22.9 Å². The van der Waals surface area contributed by atoms with Crippen LogP contribution in [-0.4, -0.2) is 21.7 Å². The predicted molar refractivity (Wildman–Crippen MR) is 107 cm³/mol. The molecule has 0 aliphatic carbocycles. The van der Waals surface area contributed by atoms with Crippen LogP contribution in [0.3, 0.4) is 0 Å². The lowest BCUT2D eigenvalue weighted by Crippen LogP contribution is -2.41. The normalized spacial score (nSPS) is 16.6. The highest BCUT2D eigenvalue weighted by Gasteiger charge is 2.27. The molecule has 138 valence electrons. The predicted octanol–water partition coefficient (Wildman–Crippen LogP) is 2.91. The number of nitrogens with zero attached hydrogens (tertiary/aromatic N) is 2. The average Bonchev–Trinajstić information content (AvgIpc) is 3.17. The highest BCUT2D eigenvalue weighted by Crippen LogP contribution is 2.28. The van der Waals surface area contributed by atoms with Crippen LogP contribution in [0.1, 0.15) is 65.5 Å². The second-order valence-electron chi connectivity index (χ2n) is 8.82. The number of rotatable bonds is 2. The molecule has 1 aliphatic heterocycles. The van der Waals surface area contributed by atoms with Crippen LogP contribution in [0.15, 0.2) is 23.0 Å². The summed E-state index contributed by atoms with van der Waals surface area (Å²) in [5.41, 5.74) is 15.0. The van der Waals surface area contributed by atoms with Crippen molar-refractivity contribution in [1.82, 2.24) is 9.97 Å². The van der Waals surface area contributed by atoms with Crippen LogP contribution in [0.2, 0.25) is 0 Å². The maximum absolute atomic E-state index is 6.24. The summed E-state index contributed by atoms with van der Waals surface area (Å²) in [6, 6.07) is -0.241. The number of aliphatic imine (C=N–C) groups is 1. The largest absolute Gasteiger partial charge is 0.334 e. The van der Waals surface area contributed by atoms with Crippen LogP contribution >= 0.6 is 0 Å². The van der Waals surface area contributed by atoms with E-state index in [0.717, 1.165) is 17.1 Å². The third-order valence-corrected chi connectivity index (χ3v) is 4.36. The molecule has 5 heteroatoms. The molecule has 1 aromatic rings. The zero-order valence-corrected chi connectivity index (χ0v) is 16.6. The van der Waals surface area contributed by atoms with Crippen LogP contribution in [0.4, 0.5) is 0 Å². The second-order valence-corrected chi connectivity index (χ2v) is 8.82. The first kappa shape index (κ1) is 20.0. The molecule has 2 rings (SSSR count). The number of imidazole rings is 1. The minimum absolute atomic E-state index is 0.0123. The minimum Gasteiger partial charge on any atom is -0.334 e. The van der Waals surface area contributed by atoms with Gasteiger partial charge in [0.2, 0.25) is 0 Å². The Morgan fingerprint density at radius 3 is 2.23 bits per heavy atom. The monoisotopic (exact) mass is 351 g/mol. The van der Waals surface area contributed by atoms with E-state index >= 15 is 0 Å². The van der Waals surface area contributed by atoms with Gasteiger partial charge in [0.15, 0.2) is 0 Å². The number of aromatic nitrogens is 2. The van der Waals surface area contributed by atoms with Crippen molar-refractivity contribution in [2.24, 2.45) is 27.3 Å². The second kappa shape index (κ2) is 7.50. The maximum Gasteiger partial charge on any atom is 0.124 e. The fourth-order valence-corrected chi connectivity index (χ4v) is 2.39. The summed E-state index contributed by atoms with van der Waals surface area (Å²) in [5, 5.41) is 0. The highest BCUT2D eigenvalue weighted by atomic mass is 15.0. The van der Waals surface area contributed by atoms with Gasteiger partial charge in [0.05, 0.1) is 12.2 Å². The average molecular weight is 351 g/mol. The van der Waals surface area contributed by atoms with E-state index < -0.39 is 0 Å². The number of hydrogen-bond acceptors (Lipinski definition) is 4. The molecule has 0 fully saturated rings. The van der Waals surface area contributed by atoms with E-state index in [1.54, 1.807) is 12.4 Å². The van der Waals surface area contributed by atoms with Gasteiger partial charge in [-0.2, -0.15) is 0 Å². The van der Waals surface area contributed by atoms with Crippen molar-refractivity contribution in [3.8, 4) is 23.7 Å². The van der Waals surface area contributed by atoms with Crippen LogP contribution in [0, 0.1) is 34.5 Å². The SMILES string of the molecule is CC(C)(C)[C@H](N)C1=NC=C(C#CC#Cc2cnc([C@@H](N)C(C)(C)C)[nH]2)C1. The molecule has 2 atom stereocenters. The molecule has 0 unspecified atom stereocenters. The van der Waals surface area contributed by atoms with Crippen molar-refractivity contribution < 1.29 is 0 Å². The van der Waals surface area contributed by atoms with Gasteiger partial charge in [0.25, 0.3) is 0 Å². The van der Waals surface area contributed by atoms with E-state index in [2.05, 4.69) is 80.2 Å². The lowest BCUT2D eigenvalue weighted by Gasteiger charge is -2.27. The Labute approximate surface area is 156 Å². The van der Waals surface area contributed by atoms with Crippen molar-refractivity contribution in [3.63, 3.8) is 0 Å². The number of aromatic amines is 1. The molecule has 0 spiro atoms. The van der Waals surface area contributed by atoms with Crippen LogP contribution < -0.4 is 11.5 Å². The zero-order chi connectivity index (χ0) is 19.5. The van der Waals surface area contributed by atoms with Crippen LogP contribution in [0.25, 0.3) is 0 Å². The van der Waals surface area contributed by atoms with Gasteiger partial charge >= 0.3 is 0 Å². The van der Waals surface area contributed by atoms with Crippen LogP contribution in [-0.2, 0) is 0 Å². The standard InChI is InChI=1S/C21H29N5/c1-20(2,3)17(22)16-11-14(12-24-16)9-7-8-10-15-13-25-19(26-15)18(23)21(4,5)6/h12-13,17-18H,11,22-23H2,1-6H3,(H,25,26)/t17-,18-/m1/s1. The van der Waals surface area contributed by atoms with Crippen molar-refractivity contribution >= 4 is 5.71 Å². The Bertz CT molecular complexity index is 835. The zero-order valence-electron chi connectivity index (χ0n) is 16.6. The van der Waals surface area contributed by atoms with E-state index in [0.29, 0.717) is 12.1 Å². The van der Waals surface area contributed by atoms with Crippen molar-refractivity contribution in [3.05, 3.63) is 29.5 Å². The molecular formula is C21H29N5. The molecule has 5 nitrogen and oxygen atoms in total. The van der Waals surface area contributed by atoms with Gasteiger partial charge in [-0.05, 0) is 28.6 Å². The Kier molecular flexibility index (Phi) is 5.76. The third kappa shape index (κ3) is 5.08. The first-order valence-corrected chi connectivity index (χ1v) is 8.82. The van der Waals surface area contributed by atoms with Gasteiger partial charge in [-0.3, -0.25) is 4.99 Å².